The molecule has 2 nitrogen and oxygen atoms in total. The monoisotopic (exact) mass is 252 g/mol. The SMILES string of the molecule is CCNC1CCC(Cc2nc(C)c(C)s2)C1C. The van der Waals surface area contributed by atoms with Gasteiger partial charge in [0.1, 0.15) is 0 Å². The van der Waals surface area contributed by atoms with E-state index < -0.39 is 0 Å². The number of nitrogens with zero attached hydrogens (tertiary/aromatic N) is 1. The molecule has 1 N–H and O–H groups in total. The second-order valence-electron chi connectivity index (χ2n) is 5.31. The molecule has 0 bridgehead atoms. The quantitative estimate of drug-likeness (QED) is 0.889. The van der Waals surface area contributed by atoms with Crippen molar-refractivity contribution in [1.29, 1.82) is 0 Å². The highest BCUT2D eigenvalue weighted by atomic mass is 32.1. The summed E-state index contributed by atoms with van der Waals surface area (Å²) in [7, 11) is 0. The Kier molecular flexibility index (Phi) is 4.21. The molecule has 0 amide bonds. The van der Waals surface area contributed by atoms with Gasteiger partial charge in [0.2, 0.25) is 0 Å². The van der Waals surface area contributed by atoms with Crippen LogP contribution in [0.4, 0.5) is 0 Å². The van der Waals surface area contributed by atoms with Crippen molar-refractivity contribution in [2.24, 2.45) is 11.8 Å². The Morgan fingerprint density at radius 3 is 2.71 bits per heavy atom. The largest absolute Gasteiger partial charge is 0.314 e. The summed E-state index contributed by atoms with van der Waals surface area (Å²) in [5, 5.41) is 4.95. The van der Waals surface area contributed by atoms with Crippen LogP contribution in [0.1, 0.15) is 42.3 Å². The van der Waals surface area contributed by atoms with E-state index >= 15 is 0 Å². The lowest BCUT2D eigenvalue weighted by molar-refractivity contribution is 0.355. The zero-order valence-corrected chi connectivity index (χ0v) is 12.2. The van der Waals surface area contributed by atoms with Crippen LogP contribution >= 0.6 is 11.3 Å². The summed E-state index contributed by atoms with van der Waals surface area (Å²) < 4.78 is 0. The minimum absolute atomic E-state index is 0.729. The molecule has 0 spiro atoms. The first-order valence-electron chi connectivity index (χ1n) is 6.78. The van der Waals surface area contributed by atoms with Gasteiger partial charge in [-0.2, -0.15) is 0 Å². The second-order valence-corrected chi connectivity index (χ2v) is 6.60. The van der Waals surface area contributed by atoms with Crippen LogP contribution in [0.15, 0.2) is 0 Å². The van der Waals surface area contributed by atoms with Crippen molar-refractivity contribution in [3.8, 4) is 0 Å². The number of aryl methyl sites for hydroxylation is 2. The number of thiazole rings is 1. The molecule has 96 valence electrons. The van der Waals surface area contributed by atoms with Gasteiger partial charge in [-0.1, -0.05) is 13.8 Å². The van der Waals surface area contributed by atoms with Gasteiger partial charge >= 0.3 is 0 Å². The first-order chi connectivity index (χ1) is 8.11. The molecule has 0 aromatic carbocycles. The molecule has 1 saturated carbocycles. The van der Waals surface area contributed by atoms with E-state index in [4.69, 9.17) is 0 Å². The van der Waals surface area contributed by atoms with Crippen molar-refractivity contribution in [3.63, 3.8) is 0 Å². The van der Waals surface area contributed by atoms with Crippen molar-refractivity contribution in [3.05, 3.63) is 15.6 Å². The summed E-state index contributed by atoms with van der Waals surface area (Å²) in [6, 6.07) is 0.729. The first-order valence-corrected chi connectivity index (χ1v) is 7.59. The summed E-state index contributed by atoms with van der Waals surface area (Å²) in [4.78, 5) is 6.06. The Bertz CT molecular complexity index is 353. The van der Waals surface area contributed by atoms with Crippen LogP contribution in [0.2, 0.25) is 0 Å². The average Bonchev–Trinajstić information content (AvgIpc) is 2.77. The molecular formula is C14H24N2S. The number of hydrogen-bond acceptors (Lipinski definition) is 3. The lowest BCUT2D eigenvalue weighted by atomic mass is 9.93. The van der Waals surface area contributed by atoms with Crippen LogP contribution in [0.3, 0.4) is 0 Å². The fourth-order valence-corrected chi connectivity index (χ4v) is 3.96. The highest BCUT2D eigenvalue weighted by molar-refractivity contribution is 7.11. The summed E-state index contributed by atoms with van der Waals surface area (Å²) in [5.74, 6) is 1.61. The van der Waals surface area contributed by atoms with Gasteiger partial charge in [0.15, 0.2) is 0 Å². The van der Waals surface area contributed by atoms with Crippen LogP contribution in [0.5, 0.6) is 0 Å². The maximum absolute atomic E-state index is 4.68. The van der Waals surface area contributed by atoms with Gasteiger partial charge in [-0.25, -0.2) is 4.98 Å². The van der Waals surface area contributed by atoms with Gasteiger partial charge in [0, 0.05) is 17.3 Å². The zero-order valence-electron chi connectivity index (χ0n) is 11.4. The molecule has 0 aliphatic heterocycles. The van der Waals surface area contributed by atoms with Crippen LogP contribution in [-0.2, 0) is 6.42 Å². The molecule has 3 atom stereocenters. The van der Waals surface area contributed by atoms with Gasteiger partial charge in [-0.05, 0) is 45.1 Å². The predicted molar refractivity (Wildman–Crippen MR) is 74.6 cm³/mol. The molecule has 1 aromatic heterocycles. The lowest BCUT2D eigenvalue weighted by Crippen LogP contribution is -2.32. The Morgan fingerprint density at radius 2 is 2.12 bits per heavy atom. The van der Waals surface area contributed by atoms with Crippen molar-refractivity contribution in [2.45, 2.75) is 53.0 Å². The fourth-order valence-electron chi connectivity index (χ4n) is 2.94. The van der Waals surface area contributed by atoms with Crippen LogP contribution < -0.4 is 5.32 Å². The molecule has 2 rings (SSSR count). The minimum Gasteiger partial charge on any atom is -0.314 e. The van der Waals surface area contributed by atoms with E-state index in [9.17, 15) is 0 Å². The van der Waals surface area contributed by atoms with Crippen molar-refractivity contribution < 1.29 is 0 Å². The second kappa shape index (κ2) is 5.49. The first kappa shape index (κ1) is 13.0. The number of hydrogen-bond donors (Lipinski definition) is 1. The maximum atomic E-state index is 4.68. The summed E-state index contributed by atoms with van der Waals surface area (Å²) >= 11 is 1.89. The fraction of sp³-hybridized carbons (Fsp3) is 0.786. The Labute approximate surface area is 109 Å². The molecule has 1 fully saturated rings. The molecule has 1 aromatic rings. The van der Waals surface area contributed by atoms with Gasteiger partial charge in [0.25, 0.3) is 0 Å². The van der Waals surface area contributed by atoms with Gasteiger partial charge in [0.05, 0.1) is 10.7 Å². The third kappa shape index (κ3) is 2.89. The molecule has 3 heteroatoms. The van der Waals surface area contributed by atoms with Gasteiger partial charge < -0.3 is 5.32 Å². The van der Waals surface area contributed by atoms with E-state index in [0.717, 1.165) is 24.4 Å². The molecule has 3 unspecified atom stereocenters. The lowest BCUT2D eigenvalue weighted by Gasteiger charge is -2.20. The third-order valence-electron chi connectivity index (χ3n) is 4.20. The molecule has 0 saturated heterocycles. The van der Waals surface area contributed by atoms with Gasteiger partial charge in [-0.15, -0.1) is 11.3 Å². The Hall–Kier alpha value is -0.410. The van der Waals surface area contributed by atoms with E-state index in [1.807, 2.05) is 11.3 Å². The summed E-state index contributed by atoms with van der Waals surface area (Å²) in [5.41, 5.74) is 1.22. The predicted octanol–water partition coefficient (Wildman–Crippen LogP) is 3.33. The highest BCUT2D eigenvalue weighted by Crippen LogP contribution is 2.35. The average molecular weight is 252 g/mol. The normalized spacial score (nSPS) is 28.8. The van der Waals surface area contributed by atoms with Crippen molar-refractivity contribution in [2.75, 3.05) is 6.54 Å². The van der Waals surface area contributed by atoms with Crippen LogP contribution in [0, 0.1) is 25.7 Å². The topological polar surface area (TPSA) is 24.9 Å². The molecule has 1 aliphatic rings. The Balaban J connectivity index is 1.96. The molecule has 0 radical (unpaired) electrons. The standard InChI is InChI=1S/C14H24N2S/c1-5-15-13-7-6-12(9(13)2)8-14-16-10(3)11(4)17-14/h9,12-13,15H,5-8H2,1-4H3. The number of nitrogens with one attached hydrogen (secondary N) is 1. The van der Waals surface area contributed by atoms with E-state index in [-0.39, 0.29) is 0 Å². The van der Waals surface area contributed by atoms with Crippen LogP contribution in [0.25, 0.3) is 0 Å². The molecular weight excluding hydrogens is 228 g/mol. The summed E-state index contributed by atoms with van der Waals surface area (Å²) in [6.45, 7) is 9.99. The van der Waals surface area contributed by atoms with Gasteiger partial charge in [-0.3, -0.25) is 0 Å². The van der Waals surface area contributed by atoms with E-state index in [2.05, 4.69) is 38.0 Å². The number of rotatable bonds is 4. The highest BCUT2D eigenvalue weighted by Gasteiger charge is 2.32. The zero-order chi connectivity index (χ0) is 12.4. The summed E-state index contributed by atoms with van der Waals surface area (Å²) in [6.07, 6.45) is 3.88. The molecule has 1 heterocycles. The smallest absolute Gasteiger partial charge is 0.0933 e. The van der Waals surface area contributed by atoms with Crippen molar-refractivity contribution >= 4 is 11.3 Å². The third-order valence-corrected chi connectivity index (χ3v) is 5.30. The van der Waals surface area contributed by atoms with E-state index in [1.165, 1.54) is 34.8 Å². The molecule has 1 aliphatic carbocycles. The van der Waals surface area contributed by atoms with E-state index in [1.54, 1.807) is 0 Å². The molecule has 17 heavy (non-hydrogen) atoms. The number of aromatic nitrogens is 1. The minimum atomic E-state index is 0.729. The maximum Gasteiger partial charge on any atom is 0.0933 e. The van der Waals surface area contributed by atoms with E-state index in [0.29, 0.717) is 0 Å². The van der Waals surface area contributed by atoms with Crippen molar-refractivity contribution in [1.82, 2.24) is 10.3 Å². The van der Waals surface area contributed by atoms with Crippen LogP contribution in [-0.4, -0.2) is 17.6 Å². The Morgan fingerprint density at radius 1 is 1.35 bits per heavy atom.